The van der Waals surface area contributed by atoms with Crippen molar-refractivity contribution in [3.05, 3.63) is 69.5 Å². The number of nitroso groups, excluding NO2 is 2. The second kappa shape index (κ2) is 5.24. The number of nitrogens with zero attached hydrogens (tertiary/aromatic N) is 3. The van der Waals surface area contributed by atoms with E-state index in [4.69, 9.17) is 0 Å². The monoisotopic (exact) mass is 365 g/mol. The minimum Gasteiger partial charge on any atom is -0.218 e. The lowest BCUT2D eigenvalue weighted by Gasteiger charge is -2.39. The van der Waals surface area contributed by atoms with Crippen molar-refractivity contribution in [2.24, 2.45) is 0 Å². The smallest absolute Gasteiger partial charge is 0.218 e. The van der Waals surface area contributed by atoms with Crippen LogP contribution in [-0.4, -0.2) is 26.9 Å². The zero-order valence-electron chi connectivity index (χ0n) is 16.9. The van der Waals surface area contributed by atoms with Gasteiger partial charge in [-0.15, -0.1) is 0 Å². The van der Waals surface area contributed by atoms with E-state index < -0.39 is 17.4 Å². The Hall–Kier alpha value is -2.56. The summed E-state index contributed by atoms with van der Waals surface area (Å²) in [5.41, 5.74) is 2.21. The maximum absolute atomic E-state index is 13.4. The van der Waals surface area contributed by atoms with E-state index in [0.29, 0.717) is 0 Å². The molecule has 2 aromatic rings. The van der Waals surface area contributed by atoms with Crippen LogP contribution in [0, 0.1) is 9.81 Å². The van der Waals surface area contributed by atoms with E-state index in [1.807, 2.05) is 69.0 Å². The molecule has 0 N–H and O–H groups in total. The molecule has 27 heavy (non-hydrogen) atoms. The van der Waals surface area contributed by atoms with Crippen LogP contribution < -0.4 is 4.90 Å². The quantitative estimate of drug-likeness (QED) is 0.677. The summed E-state index contributed by atoms with van der Waals surface area (Å²) < 4.78 is 1.93. The molecule has 0 unspecified atom stereocenters. The largest absolute Gasteiger partial charge is 0.522 e. The first-order valence-electron chi connectivity index (χ1n) is 9.44. The standard InChI is InChI=1S/C22H27N3O2/c1-20(2)15-11-7-9-13-17(15)23(18-14-10-8-12-16(18)20)19-24(26)21(3,4)22(5,6)25(19)27/h7-14,19H,1-6H3/q+2. The van der Waals surface area contributed by atoms with Gasteiger partial charge in [0.05, 0.1) is 11.4 Å². The molecule has 0 aliphatic carbocycles. The van der Waals surface area contributed by atoms with Crippen LogP contribution in [0.2, 0.25) is 0 Å². The van der Waals surface area contributed by atoms with Gasteiger partial charge in [0.25, 0.3) is 11.1 Å². The summed E-state index contributed by atoms with van der Waals surface area (Å²) in [6.07, 6.45) is -0.951. The fourth-order valence-electron chi connectivity index (χ4n) is 4.37. The van der Waals surface area contributed by atoms with Gasteiger partial charge < -0.3 is 0 Å². The van der Waals surface area contributed by atoms with E-state index in [0.717, 1.165) is 32.0 Å². The Balaban J connectivity index is 2.01. The molecule has 0 bridgehead atoms. The highest BCUT2D eigenvalue weighted by Crippen LogP contribution is 2.51. The summed E-state index contributed by atoms with van der Waals surface area (Å²) >= 11 is 0. The molecule has 0 atom stereocenters. The van der Waals surface area contributed by atoms with Crippen LogP contribution in [0.15, 0.2) is 48.5 Å². The van der Waals surface area contributed by atoms with Crippen molar-refractivity contribution in [1.82, 2.24) is 0 Å². The van der Waals surface area contributed by atoms with Crippen molar-refractivity contribution >= 4 is 11.4 Å². The van der Waals surface area contributed by atoms with Gasteiger partial charge in [-0.2, -0.15) is 0 Å². The molecule has 1 saturated heterocycles. The first-order chi connectivity index (χ1) is 12.5. The number of para-hydroxylation sites is 2. The molecule has 0 saturated carbocycles. The third-order valence-electron chi connectivity index (χ3n) is 6.92. The highest BCUT2D eigenvalue weighted by molar-refractivity contribution is 5.77. The molecule has 5 heteroatoms. The van der Waals surface area contributed by atoms with E-state index in [1.165, 1.54) is 0 Å². The van der Waals surface area contributed by atoms with Gasteiger partial charge in [-0.05, 0) is 23.3 Å². The van der Waals surface area contributed by atoms with Crippen molar-refractivity contribution in [2.45, 2.75) is 64.3 Å². The molecule has 4 rings (SSSR count). The van der Waals surface area contributed by atoms with E-state index >= 15 is 0 Å². The number of benzene rings is 2. The second-order valence-corrected chi connectivity index (χ2v) is 9.15. The predicted molar refractivity (Wildman–Crippen MR) is 106 cm³/mol. The van der Waals surface area contributed by atoms with Crippen LogP contribution in [0.25, 0.3) is 0 Å². The fraction of sp³-hybridized carbons (Fsp3) is 0.455. The third-order valence-corrected chi connectivity index (χ3v) is 6.92. The summed E-state index contributed by atoms with van der Waals surface area (Å²) in [5, 5.41) is 0. The van der Waals surface area contributed by atoms with Gasteiger partial charge in [0.1, 0.15) is 9.52 Å². The zero-order valence-corrected chi connectivity index (χ0v) is 16.9. The highest BCUT2D eigenvalue weighted by Gasteiger charge is 2.77. The van der Waals surface area contributed by atoms with E-state index in [-0.39, 0.29) is 5.41 Å². The fourth-order valence-corrected chi connectivity index (χ4v) is 4.37. The number of rotatable bonds is 1. The van der Waals surface area contributed by atoms with Crippen molar-refractivity contribution in [2.75, 3.05) is 4.90 Å². The number of hydrogen-bond donors (Lipinski definition) is 0. The molecular weight excluding hydrogens is 338 g/mol. The highest BCUT2D eigenvalue weighted by atomic mass is 16.3. The molecule has 2 aliphatic rings. The van der Waals surface area contributed by atoms with Gasteiger partial charge in [0, 0.05) is 42.9 Å². The first kappa shape index (κ1) is 17.8. The van der Waals surface area contributed by atoms with Gasteiger partial charge in [0.15, 0.2) is 0 Å². The molecule has 2 aliphatic heterocycles. The summed E-state index contributed by atoms with van der Waals surface area (Å²) in [5.74, 6) is 0. The Bertz CT molecular complexity index is 900. The SMILES string of the molecule is CC1(C)c2ccccc2N(C2[N+](=O)C(C)(C)C(C)(C)[N+]2=O)c2ccccc21. The Labute approximate surface area is 160 Å². The van der Waals surface area contributed by atoms with Crippen LogP contribution in [0.1, 0.15) is 52.7 Å². The van der Waals surface area contributed by atoms with Crippen LogP contribution in [0.4, 0.5) is 11.4 Å². The minimum absolute atomic E-state index is 0.214. The molecule has 2 aromatic carbocycles. The lowest BCUT2D eigenvalue weighted by molar-refractivity contribution is -0.751. The topological polar surface area (TPSA) is 43.4 Å². The normalized spacial score (nSPS) is 22.5. The average Bonchev–Trinajstić information content (AvgIpc) is 2.74. The second-order valence-electron chi connectivity index (χ2n) is 9.15. The zero-order chi connectivity index (χ0) is 19.8. The van der Waals surface area contributed by atoms with Gasteiger partial charge >= 0.3 is 6.29 Å². The van der Waals surface area contributed by atoms with Crippen LogP contribution in [0.5, 0.6) is 0 Å². The van der Waals surface area contributed by atoms with Crippen LogP contribution in [0.3, 0.4) is 0 Å². The molecule has 0 amide bonds. The molecule has 140 valence electrons. The number of anilines is 2. The van der Waals surface area contributed by atoms with Crippen molar-refractivity contribution in [1.29, 1.82) is 0 Å². The Morgan fingerprint density at radius 1 is 0.704 bits per heavy atom. The third kappa shape index (κ3) is 2.05. The lowest BCUT2D eigenvalue weighted by atomic mass is 9.73. The van der Waals surface area contributed by atoms with E-state index in [2.05, 4.69) is 26.0 Å². The number of hydrogen-bond acceptors (Lipinski definition) is 3. The Morgan fingerprint density at radius 3 is 1.48 bits per heavy atom. The molecule has 5 nitrogen and oxygen atoms in total. The molecule has 0 radical (unpaired) electrons. The van der Waals surface area contributed by atoms with Crippen LogP contribution >= 0.6 is 0 Å². The predicted octanol–water partition coefficient (Wildman–Crippen LogP) is 4.88. The van der Waals surface area contributed by atoms with E-state index in [1.54, 1.807) is 0 Å². The molecule has 0 aromatic heterocycles. The van der Waals surface area contributed by atoms with E-state index in [9.17, 15) is 9.81 Å². The lowest BCUT2D eigenvalue weighted by Crippen LogP contribution is -2.48. The summed E-state index contributed by atoms with van der Waals surface area (Å²) in [4.78, 5) is 28.7. The van der Waals surface area contributed by atoms with Gasteiger partial charge in [-0.3, -0.25) is 0 Å². The molecule has 1 fully saturated rings. The average molecular weight is 365 g/mol. The molecule has 0 spiro atoms. The number of fused-ring (bicyclic) bond motifs is 2. The first-order valence-corrected chi connectivity index (χ1v) is 9.44. The maximum atomic E-state index is 13.4. The van der Waals surface area contributed by atoms with Gasteiger partial charge in [-0.1, -0.05) is 50.2 Å². The molecular formula is C22H27N3O2+2. The Morgan fingerprint density at radius 2 is 1.07 bits per heavy atom. The van der Waals surface area contributed by atoms with Crippen molar-refractivity contribution in [3.63, 3.8) is 0 Å². The maximum Gasteiger partial charge on any atom is 0.522 e. The Kier molecular flexibility index (Phi) is 3.46. The van der Waals surface area contributed by atoms with Gasteiger partial charge in [0.2, 0.25) is 0 Å². The summed E-state index contributed by atoms with van der Waals surface area (Å²) in [6.45, 7) is 11.8. The van der Waals surface area contributed by atoms with Crippen molar-refractivity contribution < 1.29 is 9.52 Å². The van der Waals surface area contributed by atoms with Crippen molar-refractivity contribution in [3.8, 4) is 0 Å². The van der Waals surface area contributed by atoms with Gasteiger partial charge in [-0.25, -0.2) is 4.90 Å². The summed E-state index contributed by atoms with van der Waals surface area (Å²) in [6, 6.07) is 16.1. The van der Waals surface area contributed by atoms with Crippen LogP contribution in [-0.2, 0) is 5.41 Å². The molecule has 2 heterocycles. The minimum atomic E-state index is -0.951. The summed E-state index contributed by atoms with van der Waals surface area (Å²) in [7, 11) is 0.